The van der Waals surface area contributed by atoms with Gasteiger partial charge in [0.25, 0.3) is 0 Å². The number of aryl methyl sites for hydroxylation is 1. The molecule has 18 heavy (non-hydrogen) atoms. The predicted molar refractivity (Wildman–Crippen MR) is 68.7 cm³/mol. The van der Waals surface area contributed by atoms with Gasteiger partial charge < -0.3 is 9.67 Å². The number of rotatable bonds is 5. The first-order valence-corrected chi connectivity index (χ1v) is 5.98. The van der Waals surface area contributed by atoms with Gasteiger partial charge in [0.1, 0.15) is 0 Å². The number of carbonyl (C=O) groups is 1. The molecule has 0 saturated heterocycles. The highest BCUT2D eigenvalue weighted by Crippen LogP contribution is 2.11. The van der Waals surface area contributed by atoms with E-state index in [-0.39, 0.29) is 6.42 Å². The first-order valence-electron chi connectivity index (χ1n) is 5.60. The van der Waals surface area contributed by atoms with Gasteiger partial charge >= 0.3 is 5.97 Å². The minimum absolute atomic E-state index is 0.109. The monoisotopic (exact) mass is 264 g/mol. The van der Waals surface area contributed by atoms with E-state index >= 15 is 0 Å². The van der Waals surface area contributed by atoms with Crippen molar-refractivity contribution in [2.75, 3.05) is 0 Å². The number of aromatic nitrogens is 2. The molecule has 94 valence electrons. The quantitative estimate of drug-likeness (QED) is 0.903. The molecular weight excluding hydrogens is 252 g/mol. The summed E-state index contributed by atoms with van der Waals surface area (Å²) in [5.41, 5.74) is 1.92. The third kappa shape index (κ3) is 3.60. The van der Waals surface area contributed by atoms with Gasteiger partial charge in [-0.05, 0) is 17.7 Å². The van der Waals surface area contributed by atoms with Crippen LogP contribution in [-0.4, -0.2) is 20.6 Å². The SMILES string of the molecule is O=C(O)CCc1cn(Cc2ccc(Cl)cc2)cn1. The Hall–Kier alpha value is -1.81. The van der Waals surface area contributed by atoms with E-state index in [9.17, 15) is 4.79 Å². The fourth-order valence-electron chi connectivity index (χ4n) is 1.66. The van der Waals surface area contributed by atoms with Crippen molar-refractivity contribution < 1.29 is 9.90 Å². The smallest absolute Gasteiger partial charge is 0.303 e. The summed E-state index contributed by atoms with van der Waals surface area (Å²) in [7, 11) is 0. The van der Waals surface area contributed by atoms with Crippen molar-refractivity contribution >= 4 is 17.6 Å². The third-order valence-corrected chi connectivity index (χ3v) is 2.81. The van der Waals surface area contributed by atoms with E-state index in [2.05, 4.69) is 4.98 Å². The zero-order valence-corrected chi connectivity index (χ0v) is 10.5. The van der Waals surface area contributed by atoms with E-state index in [4.69, 9.17) is 16.7 Å². The van der Waals surface area contributed by atoms with Crippen molar-refractivity contribution in [3.8, 4) is 0 Å². The molecule has 0 fully saturated rings. The number of aliphatic carboxylic acids is 1. The van der Waals surface area contributed by atoms with Crippen LogP contribution in [0.1, 0.15) is 17.7 Å². The lowest BCUT2D eigenvalue weighted by atomic mass is 10.2. The van der Waals surface area contributed by atoms with Gasteiger partial charge in [-0.15, -0.1) is 0 Å². The second kappa shape index (κ2) is 5.69. The Morgan fingerprint density at radius 1 is 1.33 bits per heavy atom. The number of nitrogens with zero attached hydrogens (tertiary/aromatic N) is 2. The molecule has 5 heteroatoms. The molecule has 0 atom stereocenters. The van der Waals surface area contributed by atoms with Crippen molar-refractivity contribution in [3.05, 3.63) is 53.1 Å². The fraction of sp³-hybridized carbons (Fsp3) is 0.231. The molecule has 4 nitrogen and oxygen atoms in total. The number of hydrogen-bond acceptors (Lipinski definition) is 2. The minimum atomic E-state index is -0.803. The highest BCUT2D eigenvalue weighted by atomic mass is 35.5. The Balaban J connectivity index is 1.97. The van der Waals surface area contributed by atoms with Crippen molar-refractivity contribution in [3.63, 3.8) is 0 Å². The molecule has 1 aromatic carbocycles. The number of hydrogen-bond donors (Lipinski definition) is 1. The van der Waals surface area contributed by atoms with Gasteiger partial charge in [0.2, 0.25) is 0 Å². The van der Waals surface area contributed by atoms with Gasteiger partial charge in [0.15, 0.2) is 0 Å². The van der Waals surface area contributed by atoms with Crippen LogP contribution in [0, 0.1) is 0 Å². The normalized spacial score (nSPS) is 10.5. The second-order valence-electron chi connectivity index (χ2n) is 4.06. The summed E-state index contributed by atoms with van der Waals surface area (Å²) in [6.07, 6.45) is 4.16. The van der Waals surface area contributed by atoms with Crippen molar-refractivity contribution in [1.82, 2.24) is 9.55 Å². The average Bonchev–Trinajstić information content (AvgIpc) is 2.77. The van der Waals surface area contributed by atoms with Gasteiger partial charge in [0, 0.05) is 24.2 Å². The lowest BCUT2D eigenvalue weighted by Gasteiger charge is -2.02. The largest absolute Gasteiger partial charge is 0.481 e. The van der Waals surface area contributed by atoms with Gasteiger partial charge in [0.05, 0.1) is 18.4 Å². The molecule has 0 aliphatic carbocycles. The predicted octanol–water partition coefficient (Wildman–Crippen LogP) is 2.60. The summed E-state index contributed by atoms with van der Waals surface area (Å²) in [6.45, 7) is 0.706. The number of carboxylic acids is 1. The molecule has 0 bridgehead atoms. The number of carboxylic acid groups (broad SMARTS) is 1. The van der Waals surface area contributed by atoms with Crippen LogP contribution < -0.4 is 0 Å². The maximum atomic E-state index is 10.5. The van der Waals surface area contributed by atoms with E-state index in [1.807, 2.05) is 35.0 Å². The Morgan fingerprint density at radius 2 is 2.06 bits per heavy atom. The highest BCUT2D eigenvalue weighted by molar-refractivity contribution is 6.30. The number of halogens is 1. The van der Waals surface area contributed by atoms with Gasteiger partial charge in [-0.2, -0.15) is 0 Å². The van der Waals surface area contributed by atoms with E-state index in [0.717, 1.165) is 11.3 Å². The Labute approximate surface area is 110 Å². The fourth-order valence-corrected chi connectivity index (χ4v) is 1.78. The Kier molecular flexibility index (Phi) is 3.99. The number of benzene rings is 1. The molecule has 2 rings (SSSR count). The van der Waals surface area contributed by atoms with Crippen molar-refractivity contribution in [2.24, 2.45) is 0 Å². The summed E-state index contributed by atoms with van der Waals surface area (Å²) in [5, 5.41) is 9.31. The lowest BCUT2D eigenvalue weighted by molar-refractivity contribution is -0.136. The summed E-state index contributed by atoms with van der Waals surface area (Å²) < 4.78 is 1.93. The van der Waals surface area contributed by atoms with Crippen LogP contribution in [0.5, 0.6) is 0 Å². The zero-order valence-electron chi connectivity index (χ0n) is 9.71. The van der Waals surface area contributed by atoms with E-state index < -0.39 is 5.97 Å². The minimum Gasteiger partial charge on any atom is -0.481 e. The first kappa shape index (κ1) is 12.6. The van der Waals surface area contributed by atoms with Crippen LogP contribution in [0.3, 0.4) is 0 Å². The molecular formula is C13H13ClN2O2. The highest BCUT2D eigenvalue weighted by Gasteiger charge is 2.03. The van der Waals surface area contributed by atoms with Crippen LogP contribution in [0.25, 0.3) is 0 Å². The summed E-state index contributed by atoms with van der Waals surface area (Å²) >= 11 is 5.81. The van der Waals surface area contributed by atoms with Gasteiger partial charge in [-0.25, -0.2) is 4.98 Å². The summed E-state index contributed by atoms with van der Waals surface area (Å²) in [6, 6.07) is 7.61. The topological polar surface area (TPSA) is 55.1 Å². The second-order valence-corrected chi connectivity index (χ2v) is 4.49. The van der Waals surface area contributed by atoms with Gasteiger partial charge in [-0.3, -0.25) is 4.79 Å². The van der Waals surface area contributed by atoms with Crippen LogP contribution in [0.15, 0.2) is 36.8 Å². The molecule has 0 unspecified atom stereocenters. The molecule has 0 amide bonds. The van der Waals surface area contributed by atoms with Crippen LogP contribution in [-0.2, 0) is 17.8 Å². The average molecular weight is 265 g/mol. The van der Waals surface area contributed by atoms with Crippen molar-refractivity contribution in [1.29, 1.82) is 0 Å². The molecule has 0 aliphatic rings. The molecule has 0 aliphatic heterocycles. The summed E-state index contributed by atoms with van der Waals surface area (Å²) in [4.78, 5) is 14.6. The van der Waals surface area contributed by atoms with Crippen LogP contribution in [0.4, 0.5) is 0 Å². The van der Waals surface area contributed by atoms with E-state index in [1.165, 1.54) is 0 Å². The molecule has 1 N–H and O–H groups in total. The van der Waals surface area contributed by atoms with Crippen molar-refractivity contribution in [2.45, 2.75) is 19.4 Å². The maximum Gasteiger partial charge on any atom is 0.303 e. The van der Waals surface area contributed by atoms with Crippen LogP contribution in [0.2, 0.25) is 5.02 Å². The standard InChI is InChI=1S/C13H13ClN2O2/c14-11-3-1-10(2-4-11)7-16-8-12(15-9-16)5-6-13(17)18/h1-4,8-9H,5-7H2,(H,17,18). The van der Waals surface area contributed by atoms with E-state index in [1.54, 1.807) is 6.33 Å². The Bertz CT molecular complexity index is 534. The van der Waals surface area contributed by atoms with E-state index in [0.29, 0.717) is 18.0 Å². The molecule has 0 radical (unpaired) electrons. The Morgan fingerprint density at radius 3 is 2.72 bits per heavy atom. The molecule has 2 aromatic rings. The molecule has 1 heterocycles. The summed E-state index contributed by atoms with van der Waals surface area (Å²) in [5.74, 6) is -0.803. The molecule has 1 aromatic heterocycles. The molecule has 0 saturated carbocycles. The lowest BCUT2D eigenvalue weighted by Crippen LogP contribution is -1.98. The zero-order chi connectivity index (χ0) is 13.0. The third-order valence-electron chi connectivity index (χ3n) is 2.56. The number of imidazole rings is 1. The van der Waals surface area contributed by atoms with Gasteiger partial charge in [-0.1, -0.05) is 23.7 Å². The van der Waals surface area contributed by atoms with Crippen LogP contribution >= 0.6 is 11.6 Å². The maximum absolute atomic E-state index is 10.5. The molecule has 0 spiro atoms. The first-order chi connectivity index (χ1) is 8.63.